The van der Waals surface area contributed by atoms with Gasteiger partial charge in [0.2, 0.25) is 0 Å². The Balaban J connectivity index is 1.53. The second-order valence-corrected chi connectivity index (χ2v) is 6.77. The zero-order chi connectivity index (χ0) is 17.8. The van der Waals surface area contributed by atoms with Crippen molar-refractivity contribution in [3.05, 3.63) is 30.0 Å². The smallest absolute Gasteiger partial charge is 0.267 e. The maximum absolute atomic E-state index is 12.5. The first kappa shape index (κ1) is 17.8. The van der Waals surface area contributed by atoms with E-state index >= 15 is 0 Å². The predicted molar refractivity (Wildman–Crippen MR) is 100 cm³/mol. The van der Waals surface area contributed by atoms with Gasteiger partial charge in [-0.15, -0.1) is 0 Å². The average molecular weight is 344 g/mol. The van der Waals surface area contributed by atoms with Crippen LogP contribution in [0.25, 0.3) is 10.9 Å². The van der Waals surface area contributed by atoms with Crippen LogP contribution in [0.5, 0.6) is 5.75 Å². The van der Waals surface area contributed by atoms with Crippen molar-refractivity contribution in [1.29, 1.82) is 0 Å². The van der Waals surface area contributed by atoms with Gasteiger partial charge in [0, 0.05) is 51.2 Å². The normalized spacial score (nSPS) is 16.3. The number of hydrogen-bond acceptors (Lipinski definition) is 4. The molecular weight excluding hydrogens is 316 g/mol. The Morgan fingerprint density at radius 1 is 1.16 bits per heavy atom. The summed E-state index contributed by atoms with van der Waals surface area (Å²) in [6.45, 7) is 6.25. The van der Waals surface area contributed by atoms with Crippen molar-refractivity contribution in [1.82, 2.24) is 19.7 Å². The number of carbonyl (C=O) groups is 1. The van der Waals surface area contributed by atoms with E-state index in [0.717, 1.165) is 55.8 Å². The Kier molecular flexibility index (Phi) is 5.60. The highest BCUT2D eigenvalue weighted by molar-refractivity contribution is 5.98. The fraction of sp³-hybridized carbons (Fsp3) is 0.526. The van der Waals surface area contributed by atoms with E-state index in [4.69, 9.17) is 4.74 Å². The molecule has 0 atom stereocenters. The quantitative estimate of drug-likeness (QED) is 0.808. The van der Waals surface area contributed by atoms with Crippen LogP contribution in [0.2, 0.25) is 0 Å². The van der Waals surface area contributed by atoms with Gasteiger partial charge in [-0.1, -0.05) is 0 Å². The molecule has 0 saturated carbocycles. The SMILES string of the molecule is COc1ccc2cc(C(=O)NCCCN3CCN(C)CC3)n(C)c2c1. The summed E-state index contributed by atoms with van der Waals surface area (Å²) in [5, 5.41) is 4.10. The molecule has 0 bridgehead atoms. The number of aromatic nitrogens is 1. The Labute approximate surface area is 149 Å². The topological polar surface area (TPSA) is 49.7 Å². The molecule has 136 valence electrons. The van der Waals surface area contributed by atoms with Crippen molar-refractivity contribution in [3.63, 3.8) is 0 Å². The number of nitrogens with zero attached hydrogens (tertiary/aromatic N) is 3. The van der Waals surface area contributed by atoms with Gasteiger partial charge in [-0.3, -0.25) is 4.79 Å². The van der Waals surface area contributed by atoms with E-state index in [0.29, 0.717) is 12.2 Å². The fourth-order valence-electron chi connectivity index (χ4n) is 3.32. The standard InChI is InChI=1S/C19H28N4O2/c1-21-9-11-23(12-10-21)8-4-7-20-19(24)18-13-15-5-6-16(25-3)14-17(15)22(18)2/h5-6,13-14H,4,7-12H2,1-3H3,(H,20,24). The molecule has 6 nitrogen and oxygen atoms in total. The molecule has 25 heavy (non-hydrogen) atoms. The number of piperazine rings is 1. The summed E-state index contributed by atoms with van der Waals surface area (Å²) in [4.78, 5) is 17.3. The molecular formula is C19H28N4O2. The first-order valence-corrected chi connectivity index (χ1v) is 8.91. The number of nitrogens with one attached hydrogen (secondary N) is 1. The number of rotatable bonds is 6. The van der Waals surface area contributed by atoms with Gasteiger partial charge in [-0.05, 0) is 38.2 Å². The third kappa shape index (κ3) is 4.14. The van der Waals surface area contributed by atoms with E-state index in [2.05, 4.69) is 22.2 Å². The van der Waals surface area contributed by atoms with E-state index in [1.807, 2.05) is 35.9 Å². The highest BCUT2D eigenvalue weighted by Gasteiger charge is 2.15. The second-order valence-electron chi connectivity index (χ2n) is 6.77. The molecule has 0 radical (unpaired) electrons. The number of fused-ring (bicyclic) bond motifs is 1. The molecule has 2 heterocycles. The third-order valence-corrected chi connectivity index (χ3v) is 5.02. The zero-order valence-electron chi connectivity index (χ0n) is 15.4. The first-order valence-electron chi connectivity index (χ1n) is 8.91. The number of aryl methyl sites for hydroxylation is 1. The number of likely N-dealkylation sites (N-methyl/N-ethyl adjacent to an activating group) is 1. The van der Waals surface area contributed by atoms with Gasteiger partial charge in [-0.2, -0.15) is 0 Å². The van der Waals surface area contributed by atoms with E-state index in [-0.39, 0.29) is 5.91 Å². The average Bonchev–Trinajstić information content (AvgIpc) is 2.96. The number of hydrogen-bond donors (Lipinski definition) is 1. The first-order chi connectivity index (χ1) is 12.1. The molecule has 1 aliphatic rings. The minimum atomic E-state index is -0.0176. The van der Waals surface area contributed by atoms with Crippen LogP contribution in [-0.2, 0) is 7.05 Å². The van der Waals surface area contributed by atoms with Gasteiger partial charge in [0.25, 0.3) is 5.91 Å². The van der Waals surface area contributed by atoms with Crippen LogP contribution in [0, 0.1) is 0 Å². The summed E-state index contributed by atoms with van der Waals surface area (Å²) in [5.74, 6) is 0.781. The van der Waals surface area contributed by atoms with Crippen LogP contribution in [0.4, 0.5) is 0 Å². The van der Waals surface area contributed by atoms with Crippen molar-refractivity contribution >= 4 is 16.8 Å². The van der Waals surface area contributed by atoms with E-state index < -0.39 is 0 Å². The highest BCUT2D eigenvalue weighted by atomic mass is 16.5. The maximum Gasteiger partial charge on any atom is 0.267 e. The number of benzene rings is 1. The molecule has 0 aliphatic carbocycles. The third-order valence-electron chi connectivity index (χ3n) is 5.02. The molecule has 0 spiro atoms. The van der Waals surface area contributed by atoms with Crippen LogP contribution in [0.15, 0.2) is 24.3 Å². The molecule has 1 aromatic carbocycles. The summed E-state index contributed by atoms with van der Waals surface area (Å²) in [6, 6.07) is 7.79. The largest absolute Gasteiger partial charge is 0.497 e. The fourth-order valence-corrected chi connectivity index (χ4v) is 3.32. The molecule has 1 amide bonds. The van der Waals surface area contributed by atoms with Gasteiger partial charge in [0.15, 0.2) is 0 Å². The van der Waals surface area contributed by atoms with Gasteiger partial charge in [0.05, 0.1) is 12.6 Å². The number of methoxy groups -OCH3 is 1. The molecule has 3 rings (SSSR count). The van der Waals surface area contributed by atoms with Crippen molar-refractivity contribution in [2.45, 2.75) is 6.42 Å². The maximum atomic E-state index is 12.5. The monoisotopic (exact) mass is 344 g/mol. The van der Waals surface area contributed by atoms with Crippen molar-refractivity contribution < 1.29 is 9.53 Å². The Morgan fingerprint density at radius 2 is 1.92 bits per heavy atom. The molecule has 1 aromatic heterocycles. The molecule has 0 unspecified atom stereocenters. The van der Waals surface area contributed by atoms with Crippen LogP contribution in [-0.4, -0.2) is 73.7 Å². The van der Waals surface area contributed by atoms with Gasteiger partial charge in [0.1, 0.15) is 11.4 Å². The molecule has 2 aromatic rings. The molecule has 1 saturated heterocycles. The van der Waals surface area contributed by atoms with Gasteiger partial charge < -0.3 is 24.4 Å². The van der Waals surface area contributed by atoms with Crippen LogP contribution >= 0.6 is 0 Å². The summed E-state index contributed by atoms with van der Waals surface area (Å²) in [5.41, 5.74) is 1.68. The number of ether oxygens (including phenoxy) is 1. The lowest BCUT2D eigenvalue weighted by atomic mass is 10.2. The van der Waals surface area contributed by atoms with E-state index in [1.165, 1.54) is 0 Å². The van der Waals surface area contributed by atoms with Gasteiger partial charge in [-0.25, -0.2) is 0 Å². The Morgan fingerprint density at radius 3 is 2.64 bits per heavy atom. The molecule has 1 aliphatic heterocycles. The highest BCUT2D eigenvalue weighted by Crippen LogP contribution is 2.23. The Bertz CT molecular complexity index is 732. The van der Waals surface area contributed by atoms with Crippen LogP contribution in [0.3, 0.4) is 0 Å². The summed E-state index contributed by atoms with van der Waals surface area (Å²) in [7, 11) is 5.73. The summed E-state index contributed by atoms with van der Waals surface area (Å²) < 4.78 is 7.19. The van der Waals surface area contributed by atoms with Gasteiger partial charge >= 0.3 is 0 Å². The summed E-state index contributed by atoms with van der Waals surface area (Å²) >= 11 is 0. The van der Waals surface area contributed by atoms with Crippen LogP contribution in [0.1, 0.15) is 16.9 Å². The summed E-state index contributed by atoms with van der Waals surface area (Å²) in [6.07, 6.45) is 0.979. The predicted octanol–water partition coefficient (Wildman–Crippen LogP) is 1.55. The Hall–Kier alpha value is -2.05. The lowest BCUT2D eigenvalue weighted by Gasteiger charge is -2.32. The van der Waals surface area contributed by atoms with E-state index in [1.54, 1.807) is 7.11 Å². The lowest BCUT2D eigenvalue weighted by molar-refractivity contribution is 0.0941. The molecule has 6 heteroatoms. The second kappa shape index (κ2) is 7.89. The minimum Gasteiger partial charge on any atom is -0.497 e. The van der Waals surface area contributed by atoms with Crippen molar-refractivity contribution in [3.8, 4) is 5.75 Å². The molecule has 1 fully saturated rings. The lowest BCUT2D eigenvalue weighted by Crippen LogP contribution is -2.45. The van der Waals surface area contributed by atoms with E-state index in [9.17, 15) is 4.79 Å². The van der Waals surface area contributed by atoms with Crippen LogP contribution < -0.4 is 10.1 Å². The molecule has 1 N–H and O–H groups in total. The number of amides is 1. The van der Waals surface area contributed by atoms with Crippen molar-refractivity contribution in [2.75, 3.05) is 53.4 Å². The van der Waals surface area contributed by atoms with Crippen molar-refractivity contribution in [2.24, 2.45) is 7.05 Å². The minimum absolute atomic E-state index is 0.0176. The zero-order valence-corrected chi connectivity index (χ0v) is 15.4. The number of carbonyl (C=O) groups excluding carboxylic acids is 1.